The third-order valence-corrected chi connectivity index (χ3v) is 6.11. The SMILES string of the molecule is Clc1ccc(S/C(=C\[Si](Cl)(Cl)Cl)C2=CCCCC2)cc1. The third kappa shape index (κ3) is 5.67. The van der Waals surface area contributed by atoms with Crippen LogP contribution in [0.4, 0.5) is 0 Å². The molecular formula is C14H14Cl4SSi. The summed E-state index contributed by atoms with van der Waals surface area (Å²) in [4.78, 5) is 2.19. The Balaban J connectivity index is 2.25. The average Bonchev–Trinajstić information content (AvgIpc) is 2.40. The number of halogens is 4. The van der Waals surface area contributed by atoms with E-state index < -0.39 is 6.00 Å². The van der Waals surface area contributed by atoms with Crippen molar-refractivity contribution >= 4 is 62.6 Å². The van der Waals surface area contributed by atoms with Gasteiger partial charge in [-0.1, -0.05) is 29.4 Å². The standard InChI is InChI=1S/C14H14Cl4SSi/c15-12-6-8-13(9-7-12)19-14(10-20(16,17)18)11-4-2-1-3-5-11/h4,6-10H,1-3,5H2/b14-10-. The van der Waals surface area contributed by atoms with E-state index in [0.717, 1.165) is 27.7 Å². The van der Waals surface area contributed by atoms with Crippen LogP contribution < -0.4 is 0 Å². The molecule has 1 aliphatic carbocycles. The first-order valence-electron chi connectivity index (χ1n) is 6.36. The van der Waals surface area contributed by atoms with E-state index in [4.69, 9.17) is 44.8 Å². The molecular weight excluding hydrogens is 370 g/mol. The van der Waals surface area contributed by atoms with Crippen molar-refractivity contribution in [2.24, 2.45) is 0 Å². The Morgan fingerprint density at radius 3 is 2.35 bits per heavy atom. The van der Waals surface area contributed by atoms with Gasteiger partial charge in [-0.25, -0.2) is 0 Å². The molecule has 0 amide bonds. The summed E-state index contributed by atoms with van der Waals surface area (Å²) >= 11 is 25.8. The van der Waals surface area contributed by atoms with Gasteiger partial charge in [-0.3, -0.25) is 0 Å². The summed E-state index contributed by atoms with van der Waals surface area (Å²) in [5.74, 6) is 0. The third-order valence-electron chi connectivity index (χ3n) is 2.94. The zero-order valence-electron chi connectivity index (χ0n) is 10.7. The molecule has 0 saturated heterocycles. The zero-order valence-corrected chi connectivity index (χ0v) is 15.6. The molecule has 0 unspecified atom stereocenters. The highest BCUT2D eigenvalue weighted by Crippen LogP contribution is 2.39. The summed E-state index contributed by atoms with van der Waals surface area (Å²) in [5, 5.41) is 0.729. The molecule has 0 aromatic heterocycles. The van der Waals surface area contributed by atoms with Crippen LogP contribution >= 0.6 is 56.6 Å². The second kappa shape index (κ2) is 7.62. The molecule has 6 heteroatoms. The van der Waals surface area contributed by atoms with Crippen LogP contribution in [0, 0.1) is 0 Å². The average molecular weight is 384 g/mol. The lowest BCUT2D eigenvalue weighted by atomic mass is 10.00. The summed E-state index contributed by atoms with van der Waals surface area (Å²) in [7, 11) is 0. The zero-order chi connectivity index (χ0) is 14.6. The van der Waals surface area contributed by atoms with Gasteiger partial charge in [0.2, 0.25) is 0 Å². The predicted molar refractivity (Wildman–Crippen MR) is 95.3 cm³/mol. The van der Waals surface area contributed by atoms with Gasteiger partial charge < -0.3 is 0 Å². The highest BCUT2D eigenvalue weighted by atomic mass is 35.8. The molecule has 0 nitrogen and oxygen atoms in total. The highest BCUT2D eigenvalue weighted by molar-refractivity contribution is 8.03. The van der Waals surface area contributed by atoms with Crippen LogP contribution in [-0.4, -0.2) is 6.00 Å². The number of rotatable bonds is 4. The summed E-state index contributed by atoms with van der Waals surface area (Å²) in [5.41, 5.74) is 3.14. The van der Waals surface area contributed by atoms with E-state index in [0.29, 0.717) is 0 Å². The molecule has 2 rings (SSSR count). The number of thioether (sulfide) groups is 1. The van der Waals surface area contributed by atoms with E-state index >= 15 is 0 Å². The van der Waals surface area contributed by atoms with Crippen molar-refractivity contribution in [1.29, 1.82) is 0 Å². The van der Waals surface area contributed by atoms with E-state index in [1.54, 1.807) is 11.8 Å². The smallest absolute Gasteiger partial charge is 0.121 e. The number of allylic oxidation sites excluding steroid dienone is 2. The van der Waals surface area contributed by atoms with Crippen molar-refractivity contribution in [1.82, 2.24) is 0 Å². The van der Waals surface area contributed by atoms with Crippen LogP contribution in [0.5, 0.6) is 0 Å². The quantitative estimate of drug-likeness (QED) is 0.306. The van der Waals surface area contributed by atoms with Gasteiger partial charge in [0.1, 0.15) is 0 Å². The van der Waals surface area contributed by atoms with Crippen LogP contribution in [0.1, 0.15) is 25.7 Å². The molecule has 0 saturated carbocycles. The first-order chi connectivity index (χ1) is 9.44. The minimum absolute atomic E-state index is 0.729. The Morgan fingerprint density at radius 2 is 1.80 bits per heavy atom. The van der Waals surface area contributed by atoms with E-state index in [1.807, 2.05) is 30.0 Å². The Kier molecular flexibility index (Phi) is 6.40. The lowest BCUT2D eigenvalue weighted by Crippen LogP contribution is -2.07. The Morgan fingerprint density at radius 1 is 1.10 bits per heavy atom. The van der Waals surface area contributed by atoms with Gasteiger partial charge in [0.25, 0.3) is 0 Å². The Labute approximate surface area is 144 Å². The van der Waals surface area contributed by atoms with E-state index in [2.05, 4.69) is 6.08 Å². The Hall–Kier alpha value is 0.427. The van der Waals surface area contributed by atoms with Crippen molar-refractivity contribution in [2.75, 3.05) is 0 Å². The molecule has 1 aromatic rings. The monoisotopic (exact) mass is 382 g/mol. The number of hydrogen-bond donors (Lipinski definition) is 0. The normalized spacial score (nSPS) is 17.0. The molecule has 0 fully saturated rings. The Bertz CT molecular complexity index is 517. The lowest BCUT2D eigenvalue weighted by molar-refractivity contribution is 0.711. The topological polar surface area (TPSA) is 0 Å². The molecule has 0 atom stereocenters. The van der Waals surface area contributed by atoms with Gasteiger partial charge in [0.05, 0.1) is 0 Å². The van der Waals surface area contributed by atoms with Gasteiger partial charge in [0.15, 0.2) is 0 Å². The van der Waals surface area contributed by atoms with Crippen molar-refractivity contribution in [3.63, 3.8) is 0 Å². The molecule has 20 heavy (non-hydrogen) atoms. The molecule has 1 aliphatic rings. The van der Waals surface area contributed by atoms with Gasteiger partial charge in [0, 0.05) is 14.8 Å². The predicted octanol–water partition coefficient (Wildman–Crippen LogP) is 7.01. The molecule has 0 aliphatic heterocycles. The van der Waals surface area contributed by atoms with Crippen molar-refractivity contribution in [2.45, 2.75) is 30.6 Å². The fourth-order valence-corrected chi connectivity index (χ4v) is 5.81. The lowest BCUT2D eigenvalue weighted by Gasteiger charge is -2.17. The molecule has 0 spiro atoms. The van der Waals surface area contributed by atoms with Gasteiger partial charge in [-0.15, -0.1) is 33.2 Å². The van der Waals surface area contributed by atoms with Crippen LogP contribution in [0.2, 0.25) is 5.02 Å². The van der Waals surface area contributed by atoms with E-state index in [9.17, 15) is 0 Å². The maximum atomic E-state index is 6.07. The molecule has 108 valence electrons. The maximum Gasteiger partial charge on any atom is 0.366 e. The second-order valence-electron chi connectivity index (χ2n) is 4.58. The van der Waals surface area contributed by atoms with Crippen molar-refractivity contribution in [3.8, 4) is 0 Å². The van der Waals surface area contributed by atoms with Gasteiger partial charge in [-0.05, 0) is 61.2 Å². The van der Waals surface area contributed by atoms with Crippen LogP contribution in [-0.2, 0) is 0 Å². The highest BCUT2D eigenvalue weighted by Gasteiger charge is 2.24. The fraction of sp³-hybridized carbons (Fsp3) is 0.286. The molecule has 0 bridgehead atoms. The second-order valence-corrected chi connectivity index (χ2v) is 14.6. The van der Waals surface area contributed by atoms with Gasteiger partial charge in [-0.2, -0.15) is 0 Å². The first kappa shape index (κ1) is 16.8. The maximum absolute atomic E-state index is 6.07. The summed E-state index contributed by atoms with van der Waals surface area (Å²) in [6.45, 7) is 0. The van der Waals surface area contributed by atoms with Crippen LogP contribution in [0.15, 0.2) is 51.4 Å². The largest absolute Gasteiger partial charge is 0.366 e. The number of hydrogen-bond acceptors (Lipinski definition) is 1. The van der Waals surface area contributed by atoms with Crippen molar-refractivity contribution < 1.29 is 0 Å². The minimum atomic E-state index is -2.80. The van der Waals surface area contributed by atoms with Gasteiger partial charge >= 0.3 is 6.00 Å². The number of benzene rings is 1. The summed E-state index contributed by atoms with van der Waals surface area (Å²) in [6, 6.07) is 4.94. The molecule has 1 aromatic carbocycles. The van der Waals surface area contributed by atoms with Crippen LogP contribution in [0.25, 0.3) is 0 Å². The van der Waals surface area contributed by atoms with E-state index in [-0.39, 0.29) is 0 Å². The minimum Gasteiger partial charge on any atom is -0.121 e. The van der Waals surface area contributed by atoms with Crippen LogP contribution in [0.3, 0.4) is 0 Å². The van der Waals surface area contributed by atoms with E-state index in [1.165, 1.54) is 18.4 Å². The molecule has 0 heterocycles. The van der Waals surface area contributed by atoms with Crippen molar-refractivity contribution in [3.05, 3.63) is 51.5 Å². The molecule has 0 radical (unpaired) electrons. The summed E-state index contributed by atoms with van der Waals surface area (Å²) in [6.07, 6.45) is 6.87. The fourth-order valence-electron chi connectivity index (χ4n) is 2.03. The molecule has 0 N–H and O–H groups in total. The first-order valence-corrected chi connectivity index (χ1v) is 12.7. The summed E-state index contributed by atoms with van der Waals surface area (Å²) < 4.78 is 0.